The van der Waals surface area contributed by atoms with Gasteiger partial charge in [-0.05, 0) is 32.8 Å². The van der Waals surface area contributed by atoms with Crippen LogP contribution in [0.25, 0.3) is 11.3 Å². The van der Waals surface area contributed by atoms with Gasteiger partial charge >= 0.3 is 0 Å². The molecule has 3 heterocycles. The largest absolute Gasteiger partial charge is 0.376 e. The zero-order chi connectivity index (χ0) is 19.2. The maximum atomic E-state index is 6.40. The number of anilines is 1. The fraction of sp³-hybridized carbons (Fsp3) is 0.526. The first-order chi connectivity index (χ1) is 12.9. The van der Waals surface area contributed by atoms with Gasteiger partial charge in [-0.3, -0.25) is 0 Å². The van der Waals surface area contributed by atoms with Crippen molar-refractivity contribution in [2.24, 2.45) is 11.1 Å². The van der Waals surface area contributed by atoms with Gasteiger partial charge in [0.15, 0.2) is 0 Å². The van der Waals surface area contributed by atoms with E-state index in [2.05, 4.69) is 27.0 Å². The van der Waals surface area contributed by atoms with E-state index < -0.39 is 0 Å². The van der Waals surface area contributed by atoms with Gasteiger partial charge in [-0.25, -0.2) is 4.98 Å². The molecule has 8 heteroatoms. The summed E-state index contributed by atoms with van der Waals surface area (Å²) < 4.78 is 5.79. The summed E-state index contributed by atoms with van der Waals surface area (Å²) in [6.45, 7) is 6.41. The summed E-state index contributed by atoms with van der Waals surface area (Å²) in [4.78, 5) is 6.85. The van der Waals surface area contributed by atoms with Gasteiger partial charge in [0, 0.05) is 30.1 Å². The van der Waals surface area contributed by atoms with Crippen molar-refractivity contribution in [3.05, 3.63) is 33.9 Å². The molecule has 2 saturated heterocycles. The Morgan fingerprint density at radius 3 is 2.59 bits per heavy atom. The van der Waals surface area contributed by atoms with Gasteiger partial charge in [0.05, 0.1) is 28.5 Å². The van der Waals surface area contributed by atoms with Gasteiger partial charge in [0.2, 0.25) is 5.95 Å². The van der Waals surface area contributed by atoms with Crippen LogP contribution in [0.2, 0.25) is 10.0 Å². The Morgan fingerprint density at radius 2 is 1.96 bits per heavy atom. The molecule has 2 aliphatic rings. The molecule has 0 bridgehead atoms. The van der Waals surface area contributed by atoms with Crippen LogP contribution >= 0.6 is 23.2 Å². The Bertz CT molecular complexity index is 854. The third-order valence-electron chi connectivity index (χ3n) is 5.95. The molecule has 2 fully saturated rings. The summed E-state index contributed by atoms with van der Waals surface area (Å²) >= 11 is 12.4. The van der Waals surface area contributed by atoms with Gasteiger partial charge < -0.3 is 15.4 Å². The van der Waals surface area contributed by atoms with Crippen molar-refractivity contribution in [2.45, 2.75) is 38.8 Å². The second-order valence-corrected chi connectivity index (χ2v) is 8.32. The van der Waals surface area contributed by atoms with E-state index >= 15 is 0 Å². The summed E-state index contributed by atoms with van der Waals surface area (Å²) in [6, 6.07) is 5.56. The Hall–Kier alpha value is -1.47. The molecule has 1 aromatic carbocycles. The third kappa shape index (κ3) is 3.29. The average Bonchev–Trinajstić information content (AvgIpc) is 2.94. The maximum absolute atomic E-state index is 6.40. The van der Waals surface area contributed by atoms with E-state index in [1.807, 2.05) is 19.1 Å². The van der Waals surface area contributed by atoms with Crippen molar-refractivity contribution in [1.82, 2.24) is 15.2 Å². The molecule has 0 saturated carbocycles. The van der Waals surface area contributed by atoms with E-state index in [0.717, 1.165) is 43.8 Å². The second-order valence-electron chi connectivity index (χ2n) is 7.54. The smallest absolute Gasteiger partial charge is 0.245 e. The highest BCUT2D eigenvalue weighted by Crippen LogP contribution is 2.41. The molecule has 0 unspecified atom stereocenters. The average molecular weight is 408 g/mol. The molecule has 0 aliphatic carbocycles. The minimum absolute atomic E-state index is 0.0760. The second kappa shape index (κ2) is 7.17. The number of aromatic nitrogens is 3. The predicted molar refractivity (Wildman–Crippen MR) is 107 cm³/mol. The summed E-state index contributed by atoms with van der Waals surface area (Å²) in [6.07, 6.45) is 2.07. The van der Waals surface area contributed by atoms with Crippen LogP contribution in [0.3, 0.4) is 0 Å². The van der Waals surface area contributed by atoms with Crippen LogP contribution in [0.15, 0.2) is 18.2 Å². The summed E-state index contributed by atoms with van der Waals surface area (Å²) in [7, 11) is 0. The number of rotatable bonds is 2. The standard InChI is InChI=1S/C19H23Cl2N5O/c1-11-16(13-4-3-5-14(20)15(13)21)24-25-18(23-11)26-8-6-19(7-9-26)10-27-12(2)17(19)22/h3-5,12,17H,6-10,22H2,1-2H3/t12-,17+/m0/s1. The van der Waals surface area contributed by atoms with Gasteiger partial charge in [0.1, 0.15) is 5.69 Å². The molecule has 2 atom stereocenters. The minimum atomic E-state index is 0.0760. The molecule has 2 aromatic rings. The number of nitrogens with zero attached hydrogens (tertiary/aromatic N) is 4. The van der Waals surface area contributed by atoms with Crippen LogP contribution in [0.1, 0.15) is 25.5 Å². The SMILES string of the molecule is Cc1nc(N2CCC3(CC2)CO[C@@H](C)[C@H]3N)nnc1-c1cccc(Cl)c1Cl. The number of aryl methyl sites for hydroxylation is 1. The quantitative estimate of drug-likeness (QED) is 0.820. The van der Waals surface area contributed by atoms with Crippen LogP contribution in [-0.2, 0) is 4.74 Å². The number of piperidine rings is 1. The summed E-state index contributed by atoms with van der Waals surface area (Å²) in [5.74, 6) is 0.643. The first-order valence-electron chi connectivity index (χ1n) is 9.19. The highest BCUT2D eigenvalue weighted by atomic mass is 35.5. The van der Waals surface area contributed by atoms with E-state index in [9.17, 15) is 0 Å². The maximum Gasteiger partial charge on any atom is 0.245 e. The number of benzene rings is 1. The molecular weight excluding hydrogens is 385 g/mol. The highest BCUT2D eigenvalue weighted by molar-refractivity contribution is 6.43. The first-order valence-corrected chi connectivity index (χ1v) is 9.95. The van der Waals surface area contributed by atoms with Crippen molar-refractivity contribution in [3.63, 3.8) is 0 Å². The van der Waals surface area contributed by atoms with Crippen molar-refractivity contribution in [2.75, 3.05) is 24.6 Å². The van der Waals surface area contributed by atoms with Crippen molar-refractivity contribution in [3.8, 4) is 11.3 Å². The highest BCUT2D eigenvalue weighted by Gasteiger charge is 2.47. The van der Waals surface area contributed by atoms with Crippen molar-refractivity contribution < 1.29 is 4.74 Å². The fourth-order valence-corrected chi connectivity index (χ4v) is 4.48. The lowest BCUT2D eigenvalue weighted by Gasteiger charge is -2.41. The normalized spacial score (nSPS) is 24.6. The van der Waals surface area contributed by atoms with Crippen LogP contribution in [0.5, 0.6) is 0 Å². The molecule has 0 amide bonds. The van der Waals surface area contributed by atoms with Crippen molar-refractivity contribution >= 4 is 29.2 Å². The molecule has 2 aliphatic heterocycles. The van der Waals surface area contributed by atoms with Gasteiger partial charge in [-0.2, -0.15) is 0 Å². The van der Waals surface area contributed by atoms with Gasteiger partial charge in [-0.1, -0.05) is 35.3 Å². The lowest BCUT2D eigenvalue weighted by molar-refractivity contribution is 0.0973. The first kappa shape index (κ1) is 18.9. The molecule has 6 nitrogen and oxygen atoms in total. The van der Waals surface area contributed by atoms with E-state index in [1.54, 1.807) is 6.07 Å². The van der Waals surface area contributed by atoms with Crippen LogP contribution in [-0.4, -0.2) is 47.0 Å². The monoisotopic (exact) mass is 407 g/mol. The number of hydrogen-bond donors (Lipinski definition) is 1. The van der Waals surface area contributed by atoms with Crippen LogP contribution in [0.4, 0.5) is 5.95 Å². The van der Waals surface area contributed by atoms with Crippen molar-refractivity contribution in [1.29, 1.82) is 0 Å². The topological polar surface area (TPSA) is 77.2 Å². The predicted octanol–water partition coefficient (Wildman–Crippen LogP) is 3.49. The Labute approximate surface area is 169 Å². The molecule has 27 heavy (non-hydrogen) atoms. The lowest BCUT2D eigenvalue weighted by atomic mass is 9.73. The molecule has 1 spiro atoms. The molecule has 2 N–H and O–H groups in total. The minimum Gasteiger partial charge on any atom is -0.376 e. The molecule has 1 aromatic heterocycles. The molecular formula is C19H23Cl2N5O. The van der Waals surface area contributed by atoms with E-state index in [0.29, 0.717) is 21.7 Å². The lowest BCUT2D eigenvalue weighted by Crippen LogP contribution is -2.51. The fourth-order valence-electron chi connectivity index (χ4n) is 4.09. The zero-order valence-electron chi connectivity index (χ0n) is 15.5. The Kier molecular flexibility index (Phi) is 5.01. The van der Waals surface area contributed by atoms with Gasteiger partial charge in [-0.15, -0.1) is 10.2 Å². The molecule has 0 radical (unpaired) electrons. The van der Waals surface area contributed by atoms with E-state index in [4.69, 9.17) is 33.7 Å². The number of halogens is 2. The number of nitrogens with two attached hydrogens (primary N) is 1. The van der Waals surface area contributed by atoms with E-state index in [-0.39, 0.29) is 17.6 Å². The number of ether oxygens (including phenoxy) is 1. The Morgan fingerprint density at radius 1 is 1.22 bits per heavy atom. The van der Waals surface area contributed by atoms with Gasteiger partial charge in [0.25, 0.3) is 0 Å². The molecule has 144 valence electrons. The van der Waals surface area contributed by atoms with Crippen LogP contribution in [0, 0.1) is 12.3 Å². The van der Waals surface area contributed by atoms with Crippen LogP contribution < -0.4 is 10.6 Å². The molecule has 4 rings (SSSR count). The third-order valence-corrected chi connectivity index (χ3v) is 6.76. The number of hydrogen-bond acceptors (Lipinski definition) is 6. The van der Waals surface area contributed by atoms with E-state index in [1.165, 1.54) is 0 Å². The zero-order valence-corrected chi connectivity index (χ0v) is 17.0. The summed E-state index contributed by atoms with van der Waals surface area (Å²) in [5.41, 5.74) is 8.65. The Balaban J connectivity index is 1.53. The summed E-state index contributed by atoms with van der Waals surface area (Å²) in [5, 5.41) is 9.71.